The van der Waals surface area contributed by atoms with Gasteiger partial charge in [0.05, 0.1) is 6.42 Å². The minimum Gasteiger partial charge on any atom is -0.355 e. The van der Waals surface area contributed by atoms with E-state index in [-0.39, 0.29) is 18.2 Å². The molecule has 0 fully saturated rings. The Balaban J connectivity index is 2.21. The van der Waals surface area contributed by atoms with E-state index in [9.17, 15) is 9.59 Å². The average molecular weight is 393 g/mol. The van der Waals surface area contributed by atoms with Crippen LogP contribution in [0.1, 0.15) is 25.0 Å². The molecule has 2 rings (SSSR count). The fourth-order valence-corrected chi connectivity index (χ4v) is 2.95. The van der Waals surface area contributed by atoms with Gasteiger partial charge in [-0.2, -0.15) is 0 Å². The molecule has 0 radical (unpaired) electrons. The summed E-state index contributed by atoms with van der Waals surface area (Å²) in [6.45, 7) is 4.42. The maximum atomic E-state index is 12.9. The highest BCUT2D eigenvalue weighted by atomic mass is 35.5. The standard InChI is InChI=1S/C20H22Cl2N2O2/c1-3-23-20(26)14(2)24(13-15-7-9-17(21)10-8-15)19(25)12-16-5-4-6-18(22)11-16/h4-11,14H,3,12-13H2,1-2H3,(H,23,26)/t14-/m0/s1. The topological polar surface area (TPSA) is 49.4 Å². The summed E-state index contributed by atoms with van der Waals surface area (Å²) in [7, 11) is 0. The van der Waals surface area contributed by atoms with Gasteiger partial charge >= 0.3 is 0 Å². The minimum atomic E-state index is -0.586. The molecule has 0 aliphatic heterocycles. The van der Waals surface area contributed by atoms with E-state index in [1.165, 1.54) is 0 Å². The van der Waals surface area contributed by atoms with Gasteiger partial charge in [-0.1, -0.05) is 47.5 Å². The van der Waals surface area contributed by atoms with Crippen molar-refractivity contribution < 1.29 is 9.59 Å². The van der Waals surface area contributed by atoms with Crippen molar-refractivity contribution in [1.29, 1.82) is 0 Å². The Hall–Kier alpha value is -2.04. The lowest BCUT2D eigenvalue weighted by Gasteiger charge is -2.29. The third-order valence-corrected chi connectivity index (χ3v) is 4.52. The quantitative estimate of drug-likeness (QED) is 0.771. The van der Waals surface area contributed by atoms with Crippen LogP contribution < -0.4 is 5.32 Å². The van der Waals surface area contributed by atoms with Gasteiger partial charge in [0.25, 0.3) is 0 Å². The predicted molar refractivity (Wildman–Crippen MR) is 105 cm³/mol. The SMILES string of the molecule is CCNC(=O)[C@H](C)N(Cc1ccc(Cl)cc1)C(=O)Cc1cccc(Cl)c1. The summed E-state index contributed by atoms with van der Waals surface area (Å²) >= 11 is 11.9. The van der Waals surface area contributed by atoms with Crippen LogP contribution in [-0.4, -0.2) is 29.3 Å². The number of benzene rings is 2. The monoisotopic (exact) mass is 392 g/mol. The molecule has 138 valence electrons. The number of rotatable bonds is 7. The van der Waals surface area contributed by atoms with E-state index in [4.69, 9.17) is 23.2 Å². The van der Waals surface area contributed by atoms with Crippen LogP contribution in [-0.2, 0) is 22.6 Å². The number of halogens is 2. The first kappa shape index (κ1) is 20.3. The van der Waals surface area contributed by atoms with Crippen LogP contribution in [0.15, 0.2) is 48.5 Å². The molecule has 2 amide bonds. The molecule has 0 aromatic heterocycles. The van der Waals surface area contributed by atoms with Gasteiger partial charge in [-0.05, 0) is 49.2 Å². The summed E-state index contributed by atoms with van der Waals surface area (Å²) in [4.78, 5) is 26.8. The van der Waals surface area contributed by atoms with Gasteiger partial charge in [0.2, 0.25) is 11.8 Å². The number of carbonyl (C=O) groups excluding carboxylic acids is 2. The largest absolute Gasteiger partial charge is 0.355 e. The number of nitrogens with zero attached hydrogens (tertiary/aromatic N) is 1. The van der Waals surface area contributed by atoms with E-state index in [0.29, 0.717) is 23.1 Å². The molecule has 2 aromatic carbocycles. The highest BCUT2D eigenvalue weighted by Gasteiger charge is 2.25. The lowest BCUT2D eigenvalue weighted by molar-refractivity contribution is -0.140. The fourth-order valence-electron chi connectivity index (χ4n) is 2.61. The van der Waals surface area contributed by atoms with E-state index in [1.54, 1.807) is 36.1 Å². The van der Waals surface area contributed by atoms with E-state index < -0.39 is 6.04 Å². The summed E-state index contributed by atoms with van der Waals surface area (Å²) in [6.07, 6.45) is 0.178. The average Bonchev–Trinajstić information content (AvgIpc) is 2.60. The summed E-state index contributed by atoms with van der Waals surface area (Å²) in [5, 5.41) is 3.98. The lowest BCUT2D eigenvalue weighted by atomic mass is 10.1. The van der Waals surface area contributed by atoms with E-state index in [2.05, 4.69) is 5.32 Å². The van der Waals surface area contributed by atoms with E-state index in [1.807, 2.05) is 31.2 Å². The molecular weight excluding hydrogens is 371 g/mol. The van der Waals surface area contributed by atoms with Crippen LogP contribution in [0.3, 0.4) is 0 Å². The number of hydrogen-bond acceptors (Lipinski definition) is 2. The van der Waals surface area contributed by atoms with Gasteiger partial charge in [-0.25, -0.2) is 0 Å². The molecule has 1 N–H and O–H groups in total. The van der Waals surface area contributed by atoms with Crippen LogP contribution >= 0.6 is 23.2 Å². The molecule has 0 bridgehead atoms. The number of amides is 2. The third-order valence-electron chi connectivity index (χ3n) is 4.03. The number of nitrogens with one attached hydrogen (secondary N) is 1. The molecular formula is C20H22Cl2N2O2. The summed E-state index contributed by atoms with van der Waals surface area (Å²) in [6, 6.07) is 13.8. The van der Waals surface area contributed by atoms with Crippen molar-refractivity contribution in [3.8, 4) is 0 Å². The van der Waals surface area contributed by atoms with Crippen molar-refractivity contribution in [2.45, 2.75) is 32.9 Å². The van der Waals surface area contributed by atoms with Crippen molar-refractivity contribution in [2.75, 3.05) is 6.54 Å². The molecule has 4 nitrogen and oxygen atoms in total. The molecule has 2 aromatic rings. The van der Waals surface area contributed by atoms with Crippen LogP contribution in [0, 0.1) is 0 Å². The second-order valence-electron chi connectivity index (χ2n) is 6.03. The van der Waals surface area contributed by atoms with Crippen molar-refractivity contribution in [3.05, 3.63) is 69.7 Å². The van der Waals surface area contributed by atoms with Crippen molar-refractivity contribution >= 4 is 35.0 Å². The Labute approximate surface area is 164 Å². The Morgan fingerprint density at radius 1 is 1.04 bits per heavy atom. The van der Waals surface area contributed by atoms with Crippen LogP contribution in [0.25, 0.3) is 0 Å². The Bertz CT molecular complexity index is 763. The van der Waals surface area contributed by atoms with Crippen LogP contribution in [0.5, 0.6) is 0 Å². The first-order valence-electron chi connectivity index (χ1n) is 8.46. The highest BCUT2D eigenvalue weighted by molar-refractivity contribution is 6.30. The zero-order valence-electron chi connectivity index (χ0n) is 14.8. The molecule has 0 saturated heterocycles. The van der Waals surface area contributed by atoms with Crippen LogP contribution in [0.2, 0.25) is 10.0 Å². The summed E-state index contributed by atoms with van der Waals surface area (Å²) < 4.78 is 0. The van der Waals surface area contributed by atoms with Gasteiger partial charge in [-0.15, -0.1) is 0 Å². The summed E-state index contributed by atoms with van der Waals surface area (Å²) in [5.74, 6) is -0.318. The molecule has 0 unspecified atom stereocenters. The predicted octanol–water partition coefficient (Wildman–Crippen LogP) is 4.09. The molecule has 6 heteroatoms. The number of likely N-dealkylation sites (N-methyl/N-ethyl adjacent to an activating group) is 1. The smallest absolute Gasteiger partial charge is 0.242 e. The van der Waals surface area contributed by atoms with Gasteiger partial charge in [0.1, 0.15) is 6.04 Å². The van der Waals surface area contributed by atoms with E-state index >= 15 is 0 Å². The molecule has 0 aliphatic rings. The summed E-state index contributed by atoms with van der Waals surface area (Å²) in [5.41, 5.74) is 1.72. The highest BCUT2D eigenvalue weighted by Crippen LogP contribution is 2.16. The van der Waals surface area contributed by atoms with Gasteiger partial charge in [-0.3, -0.25) is 9.59 Å². The Morgan fingerprint density at radius 3 is 2.35 bits per heavy atom. The normalized spacial score (nSPS) is 11.7. The van der Waals surface area contributed by atoms with Gasteiger partial charge < -0.3 is 10.2 Å². The third kappa shape index (κ3) is 5.75. The van der Waals surface area contributed by atoms with Gasteiger partial charge in [0, 0.05) is 23.1 Å². The lowest BCUT2D eigenvalue weighted by Crippen LogP contribution is -2.48. The second kappa shape index (κ2) is 9.60. The first-order valence-corrected chi connectivity index (χ1v) is 9.22. The zero-order chi connectivity index (χ0) is 19.1. The van der Waals surface area contributed by atoms with Crippen molar-refractivity contribution in [1.82, 2.24) is 10.2 Å². The van der Waals surface area contributed by atoms with Crippen molar-refractivity contribution in [2.24, 2.45) is 0 Å². The Kier molecular flexibility index (Phi) is 7.49. The molecule has 26 heavy (non-hydrogen) atoms. The molecule has 0 heterocycles. The van der Waals surface area contributed by atoms with Crippen molar-refractivity contribution in [3.63, 3.8) is 0 Å². The molecule has 0 aliphatic carbocycles. The number of hydrogen-bond donors (Lipinski definition) is 1. The molecule has 1 atom stereocenters. The molecule has 0 spiro atoms. The maximum Gasteiger partial charge on any atom is 0.242 e. The van der Waals surface area contributed by atoms with Crippen LogP contribution in [0.4, 0.5) is 0 Å². The maximum absolute atomic E-state index is 12.9. The Morgan fingerprint density at radius 2 is 1.73 bits per heavy atom. The van der Waals surface area contributed by atoms with E-state index in [0.717, 1.165) is 11.1 Å². The minimum absolute atomic E-state index is 0.138. The molecule has 0 saturated carbocycles. The van der Waals surface area contributed by atoms with Gasteiger partial charge in [0.15, 0.2) is 0 Å². The second-order valence-corrected chi connectivity index (χ2v) is 6.90. The fraction of sp³-hybridized carbons (Fsp3) is 0.300. The number of carbonyl (C=O) groups is 2. The first-order chi connectivity index (χ1) is 12.4. The zero-order valence-corrected chi connectivity index (χ0v) is 16.3.